The second-order valence-corrected chi connectivity index (χ2v) is 4.01. The number of benzene rings is 1. The van der Waals surface area contributed by atoms with E-state index in [1.165, 1.54) is 0 Å². The van der Waals surface area contributed by atoms with Gasteiger partial charge in [-0.1, -0.05) is 25.1 Å². The van der Waals surface area contributed by atoms with Gasteiger partial charge in [-0.05, 0) is 31.9 Å². The molecule has 1 rings (SSSR count). The van der Waals surface area contributed by atoms with E-state index >= 15 is 0 Å². The van der Waals surface area contributed by atoms with E-state index in [1.807, 2.05) is 25.1 Å². The van der Waals surface area contributed by atoms with Gasteiger partial charge in [-0.15, -0.1) is 0 Å². The van der Waals surface area contributed by atoms with Crippen molar-refractivity contribution in [1.82, 2.24) is 5.32 Å². The third kappa shape index (κ3) is 4.64. The Labute approximate surface area is 97.1 Å². The number of aliphatic hydroxyl groups excluding tert-OH is 1. The first kappa shape index (κ1) is 13.0. The molecule has 1 atom stereocenters. The average Bonchev–Trinajstić information content (AvgIpc) is 2.30. The Morgan fingerprint density at radius 3 is 2.75 bits per heavy atom. The molecular weight excluding hydrogens is 202 g/mol. The van der Waals surface area contributed by atoms with Crippen LogP contribution in [-0.4, -0.2) is 22.9 Å². The van der Waals surface area contributed by atoms with E-state index in [0.29, 0.717) is 12.3 Å². The highest BCUT2D eigenvalue weighted by molar-refractivity contribution is 5.31. The van der Waals surface area contributed by atoms with E-state index in [-0.39, 0.29) is 6.10 Å². The lowest BCUT2D eigenvalue weighted by molar-refractivity contribution is 0.157. The number of phenolic OH excluding ortho intramolecular Hbond substituents is 1. The number of aromatic hydroxyl groups is 1. The third-order valence-corrected chi connectivity index (χ3v) is 2.67. The van der Waals surface area contributed by atoms with Crippen molar-refractivity contribution in [1.29, 1.82) is 0 Å². The van der Waals surface area contributed by atoms with Crippen LogP contribution in [-0.2, 0) is 6.54 Å². The number of aliphatic hydroxyl groups is 1. The zero-order chi connectivity index (χ0) is 11.8. The maximum absolute atomic E-state index is 9.51. The Hall–Kier alpha value is -1.06. The Morgan fingerprint density at radius 1 is 1.31 bits per heavy atom. The molecule has 3 N–H and O–H groups in total. The summed E-state index contributed by atoms with van der Waals surface area (Å²) in [5.74, 6) is 0.337. The van der Waals surface area contributed by atoms with Crippen molar-refractivity contribution in [3.8, 4) is 5.75 Å². The Balaban J connectivity index is 2.14. The largest absolute Gasteiger partial charge is 0.508 e. The highest BCUT2D eigenvalue weighted by Crippen LogP contribution is 2.14. The first-order chi connectivity index (χ1) is 7.74. The van der Waals surface area contributed by atoms with Gasteiger partial charge in [0.2, 0.25) is 0 Å². The molecule has 0 aromatic heterocycles. The minimum Gasteiger partial charge on any atom is -0.508 e. The summed E-state index contributed by atoms with van der Waals surface area (Å²) in [7, 11) is 0. The quantitative estimate of drug-likeness (QED) is 0.620. The molecule has 0 radical (unpaired) electrons. The first-order valence-electron chi connectivity index (χ1n) is 5.89. The number of rotatable bonds is 7. The van der Waals surface area contributed by atoms with Gasteiger partial charge in [0.25, 0.3) is 0 Å². The summed E-state index contributed by atoms with van der Waals surface area (Å²) in [5, 5.41) is 22.1. The van der Waals surface area contributed by atoms with Gasteiger partial charge in [-0.25, -0.2) is 0 Å². The van der Waals surface area contributed by atoms with Crippen molar-refractivity contribution in [3.05, 3.63) is 29.8 Å². The van der Waals surface area contributed by atoms with Crippen molar-refractivity contribution in [2.24, 2.45) is 0 Å². The minimum atomic E-state index is -0.174. The summed E-state index contributed by atoms with van der Waals surface area (Å²) in [6, 6.07) is 7.33. The van der Waals surface area contributed by atoms with Gasteiger partial charge in [-0.2, -0.15) is 0 Å². The Morgan fingerprint density at radius 2 is 2.06 bits per heavy atom. The van der Waals surface area contributed by atoms with Gasteiger partial charge >= 0.3 is 0 Å². The number of hydrogen-bond donors (Lipinski definition) is 3. The van der Waals surface area contributed by atoms with Crippen molar-refractivity contribution >= 4 is 0 Å². The standard InChI is InChI=1S/C13H21NO2/c1-2-12(15)7-5-9-14-10-11-6-3-4-8-13(11)16/h3-4,6,8,12,14-16H,2,5,7,9-10H2,1H3. The van der Waals surface area contributed by atoms with Crippen LogP contribution in [0.3, 0.4) is 0 Å². The average molecular weight is 223 g/mol. The van der Waals surface area contributed by atoms with Crippen LogP contribution in [0.1, 0.15) is 31.7 Å². The fraction of sp³-hybridized carbons (Fsp3) is 0.538. The molecule has 0 fully saturated rings. The lowest BCUT2D eigenvalue weighted by Gasteiger charge is -2.09. The van der Waals surface area contributed by atoms with Crippen LogP contribution in [0.4, 0.5) is 0 Å². The summed E-state index contributed by atoms with van der Waals surface area (Å²) >= 11 is 0. The van der Waals surface area contributed by atoms with E-state index < -0.39 is 0 Å². The summed E-state index contributed by atoms with van der Waals surface area (Å²) in [6.45, 7) is 3.53. The van der Waals surface area contributed by atoms with E-state index in [9.17, 15) is 10.2 Å². The molecule has 0 saturated carbocycles. The minimum absolute atomic E-state index is 0.174. The lowest BCUT2D eigenvalue weighted by Crippen LogP contribution is -2.16. The van der Waals surface area contributed by atoms with Crippen molar-refractivity contribution in [3.63, 3.8) is 0 Å². The van der Waals surface area contributed by atoms with E-state index in [1.54, 1.807) is 6.07 Å². The molecule has 0 heterocycles. The van der Waals surface area contributed by atoms with Gasteiger partial charge in [0, 0.05) is 12.1 Å². The maximum atomic E-state index is 9.51. The number of hydrogen-bond acceptors (Lipinski definition) is 3. The highest BCUT2D eigenvalue weighted by Gasteiger charge is 2.01. The van der Waals surface area contributed by atoms with Crippen molar-refractivity contribution < 1.29 is 10.2 Å². The molecule has 0 saturated heterocycles. The van der Waals surface area contributed by atoms with Crippen molar-refractivity contribution in [2.75, 3.05) is 6.54 Å². The molecule has 90 valence electrons. The second kappa shape index (κ2) is 7.25. The van der Waals surface area contributed by atoms with Gasteiger partial charge in [0.05, 0.1) is 6.10 Å². The van der Waals surface area contributed by atoms with Crippen LogP contribution < -0.4 is 5.32 Å². The van der Waals surface area contributed by atoms with Gasteiger partial charge in [0.15, 0.2) is 0 Å². The fourth-order valence-corrected chi connectivity index (χ4v) is 1.55. The molecule has 16 heavy (non-hydrogen) atoms. The van der Waals surface area contributed by atoms with E-state index in [0.717, 1.165) is 31.4 Å². The predicted octanol–water partition coefficient (Wildman–Crippen LogP) is 2.03. The summed E-state index contributed by atoms with van der Waals surface area (Å²) < 4.78 is 0. The summed E-state index contributed by atoms with van der Waals surface area (Å²) in [4.78, 5) is 0. The zero-order valence-corrected chi connectivity index (χ0v) is 9.82. The third-order valence-electron chi connectivity index (χ3n) is 2.67. The topological polar surface area (TPSA) is 52.5 Å². The summed E-state index contributed by atoms with van der Waals surface area (Å²) in [5.41, 5.74) is 0.915. The number of nitrogens with one attached hydrogen (secondary N) is 1. The molecule has 0 aliphatic heterocycles. The van der Waals surface area contributed by atoms with Gasteiger partial charge in [-0.3, -0.25) is 0 Å². The lowest BCUT2D eigenvalue weighted by atomic mass is 10.1. The van der Waals surface area contributed by atoms with Gasteiger partial charge in [0.1, 0.15) is 5.75 Å². The maximum Gasteiger partial charge on any atom is 0.120 e. The van der Waals surface area contributed by atoms with Crippen LogP contribution in [0.5, 0.6) is 5.75 Å². The van der Waals surface area contributed by atoms with Crippen LogP contribution >= 0.6 is 0 Å². The molecule has 0 aliphatic carbocycles. The SMILES string of the molecule is CCC(O)CCCNCc1ccccc1O. The molecule has 0 amide bonds. The van der Waals surface area contributed by atoms with Crippen LogP contribution in [0, 0.1) is 0 Å². The molecule has 3 heteroatoms. The smallest absolute Gasteiger partial charge is 0.120 e. The first-order valence-corrected chi connectivity index (χ1v) is 5.89. The fourth-order valence-electron chi connectivity index (χ4n) is 1.55. The normalized spacial score (nSPS) is 12.6. The second-order valence-electron chi connectivity index (χ2n) is 4.01. The molecule has 1 aromatic carbocycles. The van der Waals surface area contributed by atoms with E-state index in [2.05, 4.69) is 5.32 Å². The van der Waals surface area contributed by atoms with E-state index in [4.69, 9.17) is 0 Å². The van der Waals surface area contributed by atoms with Crippen LogP contribution in [0.15, 0.2) is 24.3 Å². The Kier molecular flexibility index (Phi) is 5.90. The highest BCUT2D eigenvalue weighted by atomic mass is 16.3. The van der Waals surface area contributed by atoms with Gasteiger partial charge < -0.3 is 15.5 Å². The van der Waals surface area contributed by atoms with Crippen molar-refractivity contribution in [2.45, 2.75) is 38.8 Å². The monoisotopic (exact) mass is 223 g/mol. The molecule has 0 spiro atoms. The molecule has 1 aromatic rings. The number of phenols is 1. The number of para-hydroxylation sites is 1. The summed E-state index contributed by atoms with van der Waals surface area (Å²) in [6.07, 6.45) is 2.44. The molecule has 0 aliphatic rings. The van der Waals surface area contributed by atoms with Crippen LogP contribution in [0.25, 0.3) is 0 Å². The molecule has 1 unspecified atom stereocenters. The Bertz CT molecular complexity index is 302. The zero-order valence-electron chi connectivity index (χ0n) is 9.82. The predicted molar refractivity (Wildman–Crippen MR) is 65.3 cm³/mol. The molecule has 3 nitrogen and oxygen atoms in total. The molecular formula is C13H21NO2. The van der Waals surface area contributed by atoms with Crippen LogP contribution in [0.2, 0.25) is 0 Å². The molecule has 0 bridgehead atoms.